The molecule has 0 saturated carbocycles. The van der Waals surface area contributed by atoms with E-state index in [4.69, 9.17) is 4.74 Å². The van der Waals surface area contributed by atoms with Crippen LogP contribution in [0.1, 0.15) is 35.3 Å². The molecular weight excluding hydrogens is 259 g/mol. The van der Waals surface area contributed by atoms with Gasteiger partial charge in [-0.3, -0.25) is 4.68 Å². The normalized spacial score (nSPS) is 17.1. The zero-order chi connectivity index (χ0) is 14.3. The molecule has 0 fully saturated rings. The summed E-state index contributed by atoms with van der Waals surface area (Å²) in [5, 5.41) is 4.50. The number of hydrogen-bond acceptors (Lipinski definition) is 3. The van der Waals surface area contributed by atoms with Crippen LogP contribution in [-0.2, 0) is 11.3 Å². The van der Waals surface area contributed by atoms with Gasteiger partial charge in [-0.1, -0.05) is 6.92 Å². The van der Waals surface area contributed by atoms with Crippen molar-refractivity contribution in [3.63, 3.8) is 0 Å². The van der Waals surface area contributed by atoms with E-state index in [0.717, 1.165) is 24.2 Å². The van der Waals surface area contributed by atoms with E-state index in [1.54, 1.807) is 12.1 Å². The summed E-state index contributed by atoms with van der Waals surface area (Å²) in [7, 11) is 1.36. The highest BCUT2D eigenvalue weighted by Gasteiger charge is 2.31. The maximum Gasteiger partial charge on any atom is 0.342 e. The summed E-state index contributed by atoms with van der Waals surface area (Å²) < 4.78 is 19.8. The number of aryl methyl sites for hydroxylation is 1. The second-order valence-corrected chi connectivity index (χ2v) is 5.02. The van der Waals surface area contributed by atoms with Crippen molar-refractivity contribution >= 4 is 5.97 Å². The highest BCUT2D eigenvalue weighted by molar-refractivity contribution is 5.97. The number of halogens is 1. The van der Waals surface area contributed by atoms with Gasteiger partial charge in [-0.05, 0) is 30.7 Å². The molecule has 1 aromatic heterocycles. The molecule has 5 heteroatoms. The Morgan fingerprint density at radius 1 is 1.40 bits per heavy atom. The van der Waals surface area contributed by atoms with Crippen LogP contribution >= 0.6 is 0 Å². The van der Waals surface area contributed by atoms with Crippen molar-refractivity contribution in [3.8, 4) is 11.3 Å². The molecule has 1 atom stereocenters. The number of esters is 1. The molecule has 0 aliphatic carbocycles. The molecule has 1 unspecified atom stereocenters. The van der Waals surface area contributed by atoms with Crippen molar-refractivity contribution in [2.45, 2.75) is 25.8 Å². The van der Waals surface area contributed by atoms with E-state index in [9.17, 15) is 9.18 Å². The molecule has 0 amide bonds. The Bertz CT molecular complexity index is 661. The van der Waals surface area contributed by atoms with Crippen LogP contribution in [0.2, 0.25) is 0 Å². The molecule has 0 N–H and O–H groups in total. The van der Waals surface area contributed by atoms with Gasteiger partial charge in [0.15, 0.2) is 0 Å². The number of fused-ring (bicyclic) bond motifs is 1. The fourth-order valence-corrected chi connectivity index (χ4v) is 2.71. The lowest BCUT2D eigenvalue weighted by Crippen LogP contribution is -2.06. The fraction of sp³-hybridized carbons (Fsp3) is 0.333. The molecule has 0 radical (unpaired) electrons. The molecule has 2 aromatic rings. The molecule has 1 aromatic carbocycles. The van der Waals surface area contributed by atoms with Crippen molar-refractivity contribution in [1.82, 2.24) is 9.78 Å². The third-order valence-corrected chi connectivity index (χ3v) is 3.74. The molecule has 20 heavy (non-hydrogen) atoms. The highest BCUT2D eigenvalue weighted by atomic mass is 19.1. The van der Waals surface area contributed by atoms with Gasteiger partial charge >= 0.3 is 5.97 Å². The molecule has 3 rings (SSSR count). The summed E-state index contributed by atoms with van der Waals surface area (Å²) >= 11 is 0. The number of rotatable bonds is 2. The summed E-state index contributed by atoms with van der Waals surface area (Å²) in [6, 6.07) is 5.99. The first-order valence-corrected chi connectivity index (χ1v) is 6.56. The van der Waals surface area contributed by atoms with E-state index in [-0.39, 0.29) is 17.7 Å². The van der Waals surface area contributed by atoms with Crippen molar-refractivity contribution in [2.75, 3.05) is 7.11 Å². The summed E-state index contributed by atoms with van der Waals surface area (Å²) in [5.74, 6) is -0.432. The predicted molar refractivity (Wildman–Crippen MR) is 72.0 cm³/mol. The van der Waals surface area contributed by atoms with E-state index < -0.39 is 0 Å². The molecule has 104 valence electrons. The Morgan fingerprint density at radius 2 is 2.10 bits per heavy atom. The maximum absolute atomic E-state index is 13.0. The quantitative estimate of drug-likeness (QED) is 0.791. The summed E-state index contributed by atoms with van der Waals surface area (Å²) in [6.07, 6.45) is 0.968. The van der Waals surface area contributed by atoms with Gasteiger partial charge in [0.25, 0.3) is 0 Å². The minimum absolute atomic E-state index is 0.269. The van der Waals surface area contributed by atoms with Crippen LogP contribution in [0, 0.1) is 5.82 Å². The SMILES string of the molecule is COC(=O)c1c(-c2ccc(F)cc2)nn2c1C(C)CC2. The fourth-order valence-electron chi connectivity index (χ4n) is 2.71. The van der Waals surface area contributed by atoms with Crippen LogP contribution in [0.15, 0.2) is 24.3 Å². The summed E-state index contributed by atoms with van der Waals surface area (Å²) in [5.41, 5.74) is 2.71. The predicted octanol–water partition coefficient (Wildman–Crippen LogP) is 2.98. The Kier molecular flexibility index (Phi) is 3.04. The van der Waals surface area contributed by atoms with E-state index in [1.165, 1.54) is 19.2 Å². The van der Waals surface area contributed by atoms with Crippen LogP contribution < -0.4 is 0 Å². The monoisotopic (exact) mass is 274 g/mol. The van der Waals surface area contributed by atoms with Crippen molar-refractivity contribution in [2.24, 2.45) is 0 Å². The van der Waals surface area contributed by atoms with E-state index in [0.29, 0.717) is 11.3 Å². The van der Waals surface area contributed by atoms with Crippen LogP contribution in [0.5, 0.6) is 0 Å². The minimum atomic E-state index is -0.390. The first-order valence-electron chi connectivity index (χ1n) is 6.56. The third-order valence-electron chi connectivity index (χ3n) is 3.74. The topological polar surface area (TPSA) is 44.1 Å². The van der Waals surface area contributed by atoms with E-state index >= 15 is 0 Å². The average molecular weight is 274 g/mol. The number of benzene rings is 1. The van der Waals surface area contributed by atoms with Gasteiger partial charge in [-0.15, -0.1) is 0 Å². The molecule has 0 bridgehead atoms. The van der Waals surface area contributed by atoms with Gasteiger partial charge in [-0.2, -0.15) is 5.10 Å². The number of aromatic nitrogens is 2. The van der Waals surface area contributed by atoms with Gasteiger partial charge < -0.3 is 4.74 Å². The molecule has 1 aliphatic heterocycles. The number of hydrogen-bond donors (Lipinski definition) is 0. The summed E-state index contributed by atoms with van der Waals surface area (Å²) in [4.78, 5) is 12.1. The zero-order valence-corrected chi connectivity index (χ0v) is 11.4. The summed E-state index contributed by atoms with van der Waals surface area (Å²) in [6.45, 7) is 2.86. The highest BCUT2D eigenvalue weighted by Crippen LogP contribution is 2.36. The minimum Gasteiger partial charge on any atom is -0.465 e. The van der Waals surface area contributed by atoms with E-state index in [2.05, 4.69) is 12.0 Å². The number of ether oxygens (including phenoxy) is 1. The number of carbonyl (C=O) groups excluding carboxylic acids is 1. The number of nitrogens with zero attached hydrogens (tertiary/aromatic N) is 2. The third kappa shape index (κ3) is 1.90. The van der Waals surface area contributed by atoms with Gasteiger partial charge in [0, 0.05) is 18.0 Å². The van der Waals surface area contributed by atoms with Crippen molar-refractivity contribution in [1.29, 1.82) is 0 Å². The van der Waals surface area contributed by atoms with Gasteiger partial charge in [0.1, 0.15) is 17.1 Å². The Labute approximate surface area is 116 Å². The Hall–Kier alpha value is -2.17. The van der Waals surface area contributed by atoms with Crippen molar-refractivity contribution < 1.29 is 13.9 Å². The van der Waals surface area contributed by atoms with Gasteiger partial charge in [-0.25, -0.2) is 9.18 Å². The Morgan fingerprint density at radius 3 is 2.75 bits per heavy atom. The Balaban J connectivity index is 2.18. The molecular formula is C15H15FN2O2. The molecule has 0 spiro atoms. The largest absolute Gasteiger partial charge is 0.465 e. The second kappa shape index (κ2) is 4.74. The molecule has 4 nitrogen and oxygen atoms in total. The van der Waals surface area contributed by atoms with E-state index in [1.807, 2.05) is 4.68 Å². The molecule has 0 saturated heterocycles. The smallest absolute Gasteiger partial charge is 0.342 e. The van der Waals surface area contributed by atoms with Crippen molar-refractivity contribution in [3.05, 3.63) is 41.3 Å². The van der Waals surface area contributed by atoms with Gasteiger partial charge in [0.05, 0.1) is 12.8 Å². The van der Waals surface area contributed by atoms with Gasteiger partial charge in [0.2, 0.25) is 0 Å². The average Bonchev–Trinajstić information content (AvgIpc) is 2.99. The molecule has 2 heterocycles. The number of carbonyl (C=O) groups is 1. The lowest BCUT2D eigenvalue weighted by Gasteiger charge is -2.06. The van der Waals surface area contributed by atoms with Crippen LogP contribution in [0.25, 0.3) is 11.3 Å². The van der Waals surface area contributed by atoms with Crippen LogP contribution in [-0.4, -0.2) is 22.9 Å². The first kappa shape index (κ1) is 12.8. The zero-order valence-electron chi connectivity index (χ0n) is 11.4. The van der Waals surface area contributed by atoms with Crippen LogP contribution in [0.4, 0.5) is 4.39 Å². The molecule has 1 aliphatic rings. The van der Waals surface area contributed by atoms with Crippen LogP contribution in [0.3, 0.4) is 0 Å². The number of methoxy groups -OCH3 is 1. The lowest BCUT2D eigenvalue weighted by atomic mass is 9.99. The first-order chi connectivity index (χ1) is 9.61. The standard InChI is InChI=1S/C15H15FN2O2/c1-9-7-8-18-14(9)12(15(19)20-2)13(17-18)10-3-5-11(16)6-4-10/h3-6,9H,7-8H2,1-2H3. The lowest BCUT2D eigenvalue weighted by molar-refractivity contribution is 0.0600. The maximum atomic E-state index is 13.0. The second-order valence-electron chi connectivity index (χ2n) is 5.02.